The predicted molar refractivity (Wildman–Crippen MR) is 94.2 cm³/mol. The molecule has 25 heavy (non-hydrogen) atoms. The maximum absolute atomic E-state index is 5.39. The number of rotatable bonds is 6. The van der Waals surface area contributed by atoms with E-state index in [1.54, 1.807) is 58.1 Å². The molecule has 0 saturated heterocycles. The second-order valence-electron chi connectivity index (χ2n) is 4.84. The number of aromatic nitrogens is 3. The highest BCUT2D eigenvalue weighted by molar-refractivity contribution is 7.71. The van der Waals surface area contributed by atoms with Crippen molar-refractivity contribution in [2.75, 3.05) is 21.3 Å². The van der Waals surface area contributed by atoms with Crippen LogP contribution in [0.2, 0.25) is 0 Å². The minimum absolute atomic E-state index is 0.335. The fourth-order valence-corrected chi connectivity index (χ4v) is 2.42. The molecule has 8 nitrogen and oxygen atoms in total. The van der Waals surface area contributed by atoms with Crippen LogP contribution in [-0.4, -0.2) is 42.4 Å². The third-order valence-corrected chi connectivity index (χ3v) is 3.70. The largest absolute Gasteiger partial charge is 0.496 e. The third kappa shape index (κ3) is 3.26. The molecule has 0 aliphatic heterocycles. The number of nitrogens with zero attached hydrogens (tertiary/aromatic N) is 3. The van der Waals surface area contributed by atoms with Gasteiger partial charge in [-0.25, -0.2) is 5.10 Å². The van der Waals surface area contributed by atoms with Gasteiger partial charge in [0.2, 0.25) is 10.6 Å². The van der Waals surface area contributed by atoms with E-state index in [4.69, 9.17) is 30.8 Å². The molecule has 2 aromatic heterocycles. The highest BCUT2D eigenvalue weighted by atomic mass is 32.1. The van der Waals surface area contributed by atoms with Crippen LogP contribution in [0.25, 0.3) is 11.6 Å². The maximum Gasteiger partial charge on any atom is 0.219 e. The third-order valence-electron chi connectivity index (χ3n) is 3.44. The molecule has 2 heterocycles. The van der Waals surface area contributed by atoms with Crippen LogP contribution in [0.5, 0.6) is 17.2 Å². The van der Waals surface area contributed by atoms with E-state index < -0.39 is 0 Å². The summed E-state index contributed by atoms with van der Waals surface area (Å²) in [5.41, 5.74) is 0.689. The summed E-state index contributed by atoms with van der Waals surface area (Å²) in [5, 5.41) is 11.2. The number of nitrogens with one attached hydrogen (secondary N) is 1. The van der Waals surface area contributed by atoms with Crippen molar-refractivity contribution >= 4 is 18.4 Å². The van der Waals surface area contributed by atoms with Gasteiger partial charge in [-0.05, 0) is 30.4 Å². The van der Waals surface area contributed by atoms with Gasteiger partial charge in [0.05, 0.1) is 33.8 Å². The average molecular weight is 360 g/mol. The number of hydrogen-bond donors (Lipinski definition) is 1. The lowest BCUT2D eigenvalue weighted by molar-refractivity contribution is 0.349. The van der Waals surface area contributed by atoms with Gasteiger partial charge in [0.15, 0.2) is 17.3 Å². The molecule has 0 atom stereocenters. The van der Waals surface area contributed by atoms with Gasteiger partial charge in [-0.3, -0.25) is 0 Å². The van der Waals surface area contributed by atoms with E-state index >= 15 is 0 Å². The van der Waals surface area contributed by atoms with Crippen LogP contribution in [0.15, 0.2) is 40.0 Å². The Morgan fingerprint density at radius 1 is 1.16 bits per heavy atom. The molecular formula is C16H16N4O4S. The van der Waals surface area contributed by atoms with E-state index in [1.165, 1.54) is 4.68 Å². The van der Waals surface area contributed by atoms with Crippen LogP contribution in [0.4, 0.5) is 0 Å². The number of ether oxygens (including phenoxy) is 3. The van der Waals surface area contributed by atoms with Crippen LogP contribution < -0.4 is 14.2 Å². The summed E-state index contributed by atoms with van der Waals surface area (Å²) in [4.78, 5) is 0. The van der Waals surface area contributed by atoms with Gasteiger partial charge >= 0.3 is 0 Å². The van der Waals surface area contributed by atoms with Crippen LogP contribution in [-0.2, 0) is 0 Å². The van der Waals surface area contributed by atoms with Gasteiger partial charge in [0.1, 0.15) is 5.75 Å². The van der Waals surface area contributed by atoms with Crippen molar-refractivity contribution in [1.82, 2.24) is 14.9 Å². The Morgan fingerprint density at radius 3 is 2.52 bits per heavy atom. The molecule has 0 unspecified atom stereocenters. The molecular weight excluding hydrogens is 344 g/mol. The van der Waals surface area contributed by atoms with Crippen molar-refractivity contribution in [3.05, 3.63) is 40.9 Å². The lowest BCUT2D eigenvalue weighted by Crippen LogP contribution is -1.98. The monoisotopic (exact) mass is 360 g/mol. The van der Waals surface area contributed by atoms with Crippen LogP contribution >= 0.6 is 12.2 Å². The average Bonchev–Trinajstić information content (AvgIpc) is 3.28. The SMILES string of the molecule is COc1cc(OC)c(OC)cc1/C=N\n1c(-c2ccco2)n[nH]c1=S. The van der Waals surface area contributed by atoms with Crippen molar-refractivity contribution in [1.29, 1.82) is 0 Å². The molecule has 3 aromatic rings. The Hall–Kier alpha value is -3.07. The Balaban J connectivity index is 2.03. The maximum atomic E-state index is 5.39. The molecule has 0 spiro atoms. The van der Waals surface area contributed by atoms with E-state index in [2.05, 4.69) is 15.3 Å². The van der Waals surface area contributed by atoms with Gasteiger partial charge in [0.25, 0.3) is 0 Å². The fraction of sp³-hybridized carbons (Fsp3) is 0.188. The smallest absolute Gasteiger partial charge is 0.219 e. The zero-order valence-electron chi connectivity index (χ0n) is 13.8. The van der Waals surface area contributed by atoms with E-state index in [-0.39, 0.29) is 0 Å². The number of furan rings is 1. The highest BCUT2D eigenvalue weighted by Gasteiger charge is 2.13. The Labute approximate surface area is 148 Å². The first-order chi connectivity index (χ1) is 12.2. The molecule has 0 aliphatic rings. The molecule has 1 aromatic carbocycles. The minimum atomic E-state index is 0.335. The quantitative estimate of drug-likeness (QED) is 0.537. The number of methoxy groups -OCH3 is 3. The topological polar surface area (TPSA) is 86.8 Å². The first-order valence-electron chi connectivity index (χ1n) is 7.23. The van der Waals surface area contributed by atoms with Crippen LogP contribution in [0.1, 0.15) is 5.56 Å². The molecule has 130 valence electrons. The number of H-pyrrole nitrogens is 1. The van der Waals surface area contributed by atoms with E-state index in [9.17, 15) is 0 Å². The predicted octanol–water partition coefficient (Wildman–Crippen LogP) is 3.11. The fourth-order valence-electron chi connectivity index (χ4n) is 2.24. The summed E-state index contributed by atoms with van der Waals surface area (Å²) in [6.45, 7) is 0. The summed E-state index contributed by atoms with van der Waals surface area (Å²) in [5.74, 6) is 2.71. The first kappa shape index (κ1) is 16.8. The lowest BCUT2D eigenvalue weighted by Gasteiger charge is -2.11. The molecule has 3 rings (SSSR count). The Kier molecular flexibility index (Phi) is 4.85. The van der Waals surface area contributed by atoms with Crippen molar-refractivity contribution in [2.24, 2.45) is 5.10 Å². The summed E-state index contributed by atoms with van der Waals surface area (Å²) in [7, 11) is 4.69. The zero-order valence-corrected chi connectivity index (χ0v) is 14.7. The van der Waals surface area contributed by atoms with Crippen molar-refractivity contribution in [2.45, 2.75) is 0 Å². The van der Waals surface area contributed by atoms with Gasteiger partial charge in [-0.2, -0.15) is 9.78 Å². The van der Waals surface area contributed by atoms with Crippen LogP contribution in [0, 0.1) is 4.77 Å². The Bertz CT molecular complexity index is 944. The van der Waals surface area contributed by atoms with Gasteiger partial charge in [0, 0.05) is 11.6 Å². The van der Waals surface area contributed by atoms with E-state index in [0.717, 1.165) is 0 Å². The number of hydrogen-bond acceptors (Lipinski definition) is 7. The molecule has 1 N–H and O–H groups in total. The first-order valence-corrected chi connectivity index (χ1v) is 7.64. The van der Waals surface area contributed by atoms with Crippen molar-refractivity contribution in [3.63, 3.8) is 0 Å². The normalized spacial score (nSPS) is 11.0. The molecule has 9 heteroatoms. The van der Waals surface area contributed by atoms with Gasteiger partial charge in [-0.15, -0.1) is 5.10 Å². The van der Waals surface area contributed by atoms with E-state index in [1.807, 2.05) is 0 Å². The highest BCUT2D eigenvalue weighted by Crippen LogP contribution is 2.33. The van der Waals surface area contributed by atoms with Crippen molar-refractivity contribution in [3.8, 4) is 28.8 Å². The number of aromatic amines is 1. The second-order valence-corrected chi connectivity index (χ2v) is 5.22. The summed E-state index contributed by atoms with van der Waals surface area (Å²) < 4.78 is 23.1. The lowest BCUT2D eigenvalue weighted by atomic mass is 10.2. The summed E-state index contributed by atoms with van der Waals surface area (Å²) >= 11 is 5.23. The molecule has 0 amide bonds. The molecule has 0 radical (unpaired) electrons. The van der Waals surface area contributed by atoms with E-state index in [0.29, 0.717) is 39.2 Å². The van der Waals surface area contributed by atoms with Crippen molar-refractivity contribution < 1.29 is 18.6 Å². The van der Waals surface area contributed by atoms with Gasteiger partial charge in [-0.1, -0.05) is 0 Å². The summed E-state index contributed by atoms with van der Waals surface area (Å²) in [6.07, 6.45) is 3.15. The summed E-state index contributed by atoms with van der Waals surface area (Å²) in [6, 6.07) is 7.02. The number of benzene rings is 1. The standard InChI is InChI=1S/C16H16N4O4S/c1-21-12-8-14(23-3)13(22-2)7-10(12)9-17-20-15(18-19-16(20)25)11-5-4-6-24-11/h4-9H,1-3H3,(H,19,25)/b17-9-. The second kappa shape index (κ2) is 7.22. The minimum Gasteiger partial charge on any atom is -0.496 e. The molecule has 0 fully saturated rings. The van der Waals surface area contributed by atoms with Gasteiger partial charge < -0.3 is 18.6 Å². The van der Waals surface area contributed by atoms with Crippen LogP contribution in [0.3, 0.4) is 0 Å². The zero-order chi connectivity index (χ0) is 17.8. The Morgan fingerprint density at radius 2 is 1.88 bits per heavy atom. The molecule has 0 bridgehead atoms. The molecule has 0 saturated carbocycles. The molecule has 0 aliphatic carbocycles.